The lowest BCUT2D eigenvalue weighted by atomic mass is 10.0. The molecular weight excluding hydrogens is 362 g/mol. The average molecular weight is 382 g/mol. The molecule has 1 aromatic heterocycles. The number of nitrogens with zero attached hydrogens (tertiary/aromatic N) is 1. The van der Waals surface area contributed by atoms with E-state index in [0.717, 1.165) is 24.1 Å². The summed E-state index contributed by atoms with van der Waals surface area (Å²) >= 11 is 4.67. The highest BCUT2D eigenvalue weighted by Crippen LogP contribution is 2.32. The van der Waals surface area contributed by atoms with Crippen molar-refractivity contribution >= 4 is 37.3 Å². The molecule has 0 amide bonds. The van der Waals surface area contributed by atoms with Crippen LogP contribution in [0.3, 0.4) is 0 Å². The molecule has 0 saturated carbocycles. The first kappa shape index (κ1) is 16.4. The standard InChI is InChI=1S/C12H20BrN3O2S2/c1-8-4-3-5-9(2)16(8)15-20(17,18)11-6-10(7-14)19-12(11)13/h6,8-9,15H,3-5,7,14H2,1-2H3. The summed E-state index contributed by atoms with van der Waals surface area (Å²) < 4.78 is 25.6. The summed E-state index contributed by atoms with van der Waals surface area (Å²) in [6.45, 7) is 4.44. The molecule has 1 saturated heterocycles. The van der Waals surface area contributed by atoms with Crippen molar-refractivity contribution in [3.8, 4) is 0 Å². The number of nitrogens with one attached hydrogen (secondary N) is 1. The van der Waals surface area contributed by atoms with Crippen LogP contribution in [0.5, 0.6) is 0 Å². The highest BCUT2D eigenvalue weighted by Gasteiger charge is 2.30. The molecule has 114 valence electrons. The predicted octanol–water partition coefficient (Wildman–Crippen LogP) is 2.43. The van der Waals surface area contributed by atoms with Gasteiger partial charge in [-0.3, -0.25) is 0 Å². The van der Waals surface area contributed by atoms with Gasteiger partial charge in [0.1, 0.15) is 4.90 Å². The third kappa shape index (κ3) is 3.42. The van der Waals surface area contributed by atoms with Crippen LogP contribution in [-0.2, 0) is 16.6 Å². The molecule has 1 aliphatic rings. The van der Waals surface area contributed by atoms with Crippen LogP contribution in [-0.4, -0.2) is 25.5 Å². The first-order valence-corrected chi connectivity index (χ1v) is 9.73. The monoisotopic (exact) mass is 381 g/mol. The van der Waals surface area contributed by atoms with E-state index < -0.39 is 10.0 Å². The van der Waals surface area contributed by atoms with Crippen LogP contribution in [0.15, 0.2) is 14.7 Å². The molecular formula is C12H20BrN3O2S2. The topological polar surface area (TPSA) is 75.4 Å². The lowest BCUT2D eigenvalue weighted by Gasteiger charge is -2.38. The maximum absolute atomic E-state index is 12.5. The van der Waals surface area contributed by atoms with E-state index in [2.05, 4.69) is 20.8 Å². The Morgan fingerprint density at radius 3 is 2.55 bits per heavy atom. The third-order valence-electron chi connectivity index (χ3n) is 3.62. The van der Waals surface area contributed by atoms with Crippen LogP contribution >= 0.6 is 27.3 Å². The summed E-state index contributed by atoms with van der Waals surface area (Å²) in [7, 11) is -3.56. The largest absolute Gasteiger partial charge is 0.326 e. The second-order valence-corrected chi connectivity index (χ2v) is 9.27. The summed E-state index contributed by atoms with van der Waals surface area (Å²) in [5.41, 5.74) is 5.57. The number of nitrogens with two attached hydrogens (primary N) is 1. The highest BCUT2D eigenvalue weighted by molar-refractivity contribution is 9.11. The van der Waals surface area contributed by atoms with Crippen molar-refractivity contribution in [1.82, 2.24) is 9.84 Å². The quantitative estimate of drug-likeness (QED) is 0.839. The van der Waals surface area contributed by atoms with Gasteiger partial charge in [-0.05, 0) is 48.7 Å². The number of piperidine rings is 1. The average Bonchev–Trinajstić information content (AvgIpc) is 2.76. The minimum atomic E-state index is -3.56. The first-order chi connectivity index (χ1) is 9.35. The second kappa shape index (κ2) is 6.41. The van der Waals surface area contributed by atoms with Crippen LogP contribution in [0.2, 0.25) is 0 Å². The molecule has 2 unspecified atom stereocenters. The van der Waals surface area contributed by atoms with Crippen LogP contribution in [0, 0.1) is 0 Å². The molecule has 2 heterocycles. The Hall–Kier alpha value is 0.01000. The van der Waals surface area contributed by atoms with Gasteiger partial charge in [-0.2, -0.15) is 0 Å². The van der Waals surface area contributed by atoms with E-state index >= 15 is 0 Å². The SMILES string of the molecule is CC1CCCC(C)N1NS(=O)(=O)c1cc(CN)sc1Br. The van der Waals surface area contributed by atoms with Crippen molar-refractivity contribution in [3.63, 3.8) is 0 Å². The first-order valence-electron chi connectivity index (χ1n) is 6.64. The van der Waals surface area contributed by atoms with Gasteiger partial charge in [-0.1, -0.05) is 6.42 Å². The smallest absolute Gasteiger partial charge is 0.255 e. The number of sulfonamides is 1. The van der Waals surface area contributed by atoms with Crippen molar-refractivity contribution in [2.45, 2.75) is 56.6 Å². The van der Waals surface area contributed by atoms with Gasteiger partial charge in [0, 0.05) is 23.5 Å². The molecule has 0 bridgehead atoms. The van der Waals surface area contributed by atoms with Gasteiger partial charge >= 0.3 is 0 Å². The Balaban J connectivity index is 2.24. The van der Waals surface area contributed by atoms with Crippen molar-refractivity contribution < 1.29 is 8.42 Å². The van der Waals surface area contributed by atoms with E-state index in [4.69, 9.17) is 5.73 Å². The minimum absolute atomic E-state index is 0.208. The molecule has 2 rings (SSSR count). The van der Waals surface area contributed by atoms with Crippen molar-refractivity contribution in [2.24, 2.45) is 5.73 Å². The fourth-order valence-corrected chi connectivity index (χ4v) is 6.27. The van der Waals surface area contributed by atoms with E-state index in [1.807, 2.05) is 18.9 Å². The van der Waals surface area contributed by atoms with E-state index in [0.29, 0.717) is 10.3 Å². The predicted molar refractivity (Wildman–Crippen MR) is 84.8 cm³/mol. The lowest BCUT2D eigenvalue weighted by Crippen LogP contribution is -2.53. The van der Waals surface area contributed by atoms with Crippen molar-refractivity contribution in [2.75, 3.05) is 0 Å². The summed E-state index contributed by atoms with van der Waals surface area (Å²) in [5.74, 6) is 0. The number of halogens is 1. The molecule has 1 aliphatic heterocycles. The minimum Gasteiger partial charge on any atom is -0.326 e. The van der Waals surface area contributed by atoms with Crippen LogP contribution < -0.4 is 10.6 Å². The van der Waals surface area contributed by atoms with Crippen LogP contribution in [0.1, 0.15) is 38.0 Å². The lowest BCUT2D eigenvalue weighted by molar-refractivity contribution is 0.0790. The molecule has 1 fully saturated rings. The van der Waals surface area contributed by atoms with Crippen LogP contribution in [0.4, 0.5) is 0 Å². The molecule has 0 radical (unpaired) electrons. The van der Waals surface area contributed by atoms with Gasteiger partial charge in [-0.25, -0.2) is 13.4 Å². The molecule has 3 N–H and O–H groups in total. The molecule has 0 aromatic carbocycles. The Labute approximate surface area is 132 Å². The summed E-state index contributed by atoms with van der Waals surface area (Å²) in [5, 5.41) is 1.85. The Bertz CT molecular complexity index is 563. The van der Waals surface area contributed by atoms with Gasteiger partial charge in [0.15, 0.2) is 0 Å². The van der Waals surface area contributed by atoms with Crippen molar-refractivity contribution in [1.29, 1.82) is 0 Å². The van der Waals surface area contributed by atoms with Gasteiger partial charge < -0.3 is 5.73 Å². The maximum Gasteiger partial charge on any atom is 0.255 e. The number of rotatable bonds is 4. The summed E-state index contributed by atoms with van der Waals surface area (Å²) in [6, 6.07) is 2.05. The van der Waals surface area contributed by atoms with E-state index in [-0.39, 0.29) is 17.0 Å². The van der Waals surface area contributed by atoms with Gasteiger partial charge in [-0.15, -0.1) is 16.2 Å². The summed E-state index contributed by atoms with van der Waals surface area (Å²) in [4.78, 5) is 3.85. The number of hydrogen-bond donors (Lipinski definition) is 2. The van der Waals surface area contributed by atoms with E-state index in [9.17, 15) is 8.42 Å². The molecule has 0 aliphatic carbocycles. The Morgan fingerprint density at radius 1 is 1.45 bits per heavy atom. The summed E-state index contributed by atoms with van der Waals surface area (Å²) in [6.07, 6.45) is 3.15. The number of hydrogen-bond acceptors (Lipinski definition) is 5. The van der Waals surface area contributed by atoms with Gasteiger partial charge in [0.05, 0.1) is 3.79 Å². The zero-order valence-electron chi connectivity index (χ0n) is 11.6. The van der Waals surface area contributed by atoms with Crippen LogP contribution in [0.25, 0.3) is 0 Å². The van der Waals surface area contributed by atoms with E-state index in [1.165, 1.54) is 11.3 Å². The highest BCUT2D eigenvalue weighted by atomic mass is 79.9. The second-order valence-electron chi connectivity index (χ2n) is 5.19. The zero-order chi connectivity index (χ0) is 14.9. The Morgan fingerprint density at radius 2 is 2.05 bits per heavy atom. The fraction of sp³-hybridized carbons (Fsp3) is 0.667. The van der Waals surface area contributed by atoms with Gasteiger partial charge in [0.2, 0.25) is 0 Å². The zero-order valence-corrected chi connectivity index (χ0v) is 14.8. The third-order valence-corrected chi connectivity index (χ3v) is 7.22. The molecule has 2 atom stereocenters. The number of hydrazine groups is 1. The van der Waals surface area contributed by atoms with Crippen molar-refractivity contribution in [3.05, 3.63) is 14.7 Å². The molecule has 1 aromatic rings. The molecule has 20 heavy (non-hydrogen) atoms. The van der Waals surface area contributed by atoms with E-state index in [1.54, 1.807) is 6.07 Å². The molecule has 5 nitrogen and oxygen atoms in total. The molecule has 8 heteroatoms. The number of thiophene rings is 1. The fourth-order valence-electron chi connectivity index (χ4n) is 2.47. The normalized spacial score (nSPS) is 25.0. The maximum atomic E-state index is 12.5. The van der Waals surface area contributed by atoms with Gasteiger partial charge in [0.25, 0.3) is 10.0 Å². The Kier molecular flexibility index (Phi) is 5.25. The molecule has 0 spiro atoms.